The second kappa shape index (κ2) is 7.92. The van der Waals surface area contributed by atoms with Gasteiger partial charge >= 0.3 is 0 Å². The third kappa shape index (κ3) is 3.68. The molecule has 158 valence electrons. The molecule has 0 aromatic heterocycles. The fourth-order valence-corrected chi connectivity index (χ4v) is 7.03. The van der Waals surface area contributed by atoms with Crippen LogP contribution in [0.4, 0.5) is 0 Å². The highest BCUT2D eigenvalue weighted by molar-refractivity contribution is 5.83. The number of ether oxygens (including phenoxy) is 2. The van der Waals surface area contributed by atoms with E-state index >= 15 is 0 Å². The third-order valence-electron chi connectivity index (χ3n) is 7.96. The minimum absolute atomic E-state index is 0.0922. The monoisotopic (exact) mass is 398 g/mol. The van der Waals surface area contributed by atoms with Crippen LogP contribution < -0.4 is 10.1 Å². The second-order valence-corrected chi connectivity index (χ2v) is 9.81. The molecule has 1 heterocycles. The number of benzene rings is 1. The van der Waals surface area contributed by atoms with Crippen LogP contribution in [0.25, 0.3) is 0 Å². The van der Waals surface area contributed by atoms with Crippen LogP contribution in [-0.4, -0.2) is 50.8 Å². The topological polar surface area (TPSA) is 50.8 Å². The predicted octanol–water partition coefficient (Wildman–Crippen LogP) is 3.40. The van der Waals surface area contributed by atoms with Crippen molar-refractivity contribution in [3.05, 3.63) is 29.8 Å². The summed E-state index contributed by atoms with van der Waals surface area (Å²) in [6.45, 7) is 3.90. The Morgan fingerprint density at radius 1 is 1.14 bits per heavy atom. The predicted molar refractivity (Wildman–Crippen MR) is 112 cm³/mol. The van der Waals surface area contributed by atoms with E-state index < -0.39 is 0 Å². The van der Waals surface area contributed by atoms with Gasteiger partial charge in [-0.3, -0.25) is 9.69 Å². The molecule has 1 saturated heterocycles. The normalized spacial score (nSPS) is 34.7. The van der Waals surface area contributed by atoms with E-state index in [2.05, 4.69) is 22.3 Å². The van der Waals surface area contributed by atoms with Gasteiger partial charge in [0, 0.05) is 30.6 Å². The average Bonchev–Trinajstić information content (AvgIpc) is 2.74. The summed E-state index contributed by atoms with van der Waals surface area (Å²) >= 11 is 0. The fourth-order valence-electron chi connectivity index (χ4n) is 7.03. The fraction of sp³-hybridized carbons (Fsp3) is 0.708. The lowest BCUT2D eigenvalue weighted by Crippen LogP contribution is -2.54. The number of hydrogen-bond acceptors (Lipinski definition) is 4. The van der Waals surface area contributed by atoms with E-state index in [4.69, 9.17) is 9.47 Å². The quantitative estimate of drug-likeness (QED) is 0.798. The number of carbonyl (C=O) groups excluding carboxylic acids is 1. The van der Waals surface area contributed by atoms with Gasteiger partial charge in [-0.1, -0.05) is 18.2 Å². The Morgan fingerprint density at radius 2 is 1.76 bits per heavy atom. The van der Waals surface area contributed by atoms with E-state index in [1.54, 1.807) is 7.11 Å². The summed E-state index contributed by atoms with van der Waals surface area (Å²) in [7, 11) is 1.73. The first kappa shape index (κ1) is 19.4. The Bertz CT molecular complexity index is 708. The first-order chi connectivity index (χ1) is 14.2. The Morgan fingerprint density at radius 3 is 2.38 bits per heavy atom. The molecule has 1 aromatic carbocycles. The third-order valence-corrected chi connectivity index (χ3v) is 7.96. The Kier molecular flexibility index (Phi) is 5.29. The lowest BCUT2D eigenvalue weighted by Gasteiger charge is -2.55. The van der Waals surface area contributed by atoms with Gasteiger partial charge in [0.25, 0.3) is 0 Å². The SMILES string of the molecule is COc1ccccc1C(CNC(=O)C12CC3CC(CC(C3)C1)C2)N1CCOCC1. The zero-order valence-corrected chi connectivity index (χ0v) is 17.6. The summed E-state index contributed by atoms with van der Waals surface area (Å²) < 4.78 is 11.2. The van der Waals surface area contributed by atoms with Crippen LogP contribution in [0.15, 0.2) is 24.3 Å². The molecule has 0 spiro atoms. The van der Waals surface area contributed by atoms with E-state index in [0.717, 1.165) is 74.6 Å². The summed E-state index contributed by atoms with van der Waals surface area (Å²) in [6, 6.07) is 8.34. The molecule has 0 radical (unpaired) electrons. The van der Waals surface area contributed by atoms with Crippen molar-refractivity contribution in [2.24, 2.45) is 23.2 Å². The molecule has 4 saturated carbocycles. The molecular weight excluding hydrogens is 364 g/mol. The van der Waals surface area contributed by atoms with Gasteiger partial charge in [-0.05, 0) is 62.3 Å². The second-order valence-electron chi connectivity index (χ2n) is 9.81. The highest BCUT2D eigenvalue weighted by Gasteiger charge is 2.54. The summed E-state index contributed by atoms with van der Waals surface area (Å²) in [6.07, 6.45) is 7.43. The number of amides is 1. The summed E-state index contributed by atoms with van der Waals surface area (Å²) in [5, 5.41) is 3.41. The molecule has 5 nitrogen and oxygen atoms in total. The van der Waals surface area contributed by atoms with E-state index in [9.17, 15) is 4.79 Å². The van der Waals surface area contributed by atoms with Gasteiger partial charge in [-0.25, -0.2) is 0 Å². The molecule has 29 heavy (non-hydrogen) atoms. The number of nitrogens with zero attached hydrogens (tertiary/aromatic N) is 1. The summed E-state index contributed by atoms with van der Waals surface area (Å²) in [5.74, 6) is 3.57. The average molecular weight is 399 g/mol. The van der Waals surface area contributed by atoms with E-state index in [1.807, 2.05) is 12.1 Å². The number of hydrogen-bond donors (Lipinski definition) is 1. The van der Waals surface area contributed by atoms with E-state index in [-0.39, 0.29) is 11.5 Å². The zero-order chi connectivity index (χ0) is 19.8. The maximum atomic E-state index is 13.5. The zero-order valence-electron chi connectivity index (χ0n) is 17.6. The Balaban J connectivity index is 1.33. The molecule has 5 fully saturated rings. The minimum Gasteiger partial charge on any atom is -0.496 e. The molecule has 1 aromatic rings. The molecule has 4 aliphatic carbocycles. The van der Waals surface area contributed by atoms with E-state index in [0.29, 0.717) is 12.5 Å². The summed E-state index contributed by atoms with van der Waals surface area (Å²) in [4.78, 5) is 15.9. The van der Waals surface area contributed by atoms with Crippen LogP contribution in [0.1, 0.15) is 50.1 Å². The molecule has 5 aliphatic rings. The van der Waals surface area contributed by atoms with Crippen molar-refractivity contribution in [3.63, 3.8) is 0 Å². The van der Waals surface area contributed by atoms with Gasteiger partial charge < -0.3 is 14.8 Å². The van der Waals surface area contributed by atoms with Gasteiger partial charge in [-0.2, -0.15) is 0 Å². The number of morpholine rings is 1. The lowest BCUT2D eigenvalue weighted by molar-refractivity contribution is -0.146. The molecule has 5 heteroatoms. The Labute approximate surface area is 174 Å². The van der Waals surface area contributed by atoms with Crippen molar-refractivity contribution in [2.45, 2.75) is 44.6 Å². The molecule has 1 N–H and O–H groups in total. The van der Waals surface area contributed by atoms with Crippen LogP contribution in [-0.2, 0) is 9.53 Å². The van der Waals surface area contributed by atoms with Crippen molar-refractivity contribution in [2.75, 3.05) is 40.0 Å². The maximum absolute atomic E-state index is 13.5. The molecule has 1 aliphatic heterocycles. The Hall–Kier alpha value is -1.59. The van der Waals surface area contributed by atoms with Crippen LogP contribution in [0.2, 0.25) is 0 Å². The molecule has 4 bridgehead atoms. The van der Waals surface area contributed by atoms with Crippen LogP contribution in [0.5, 0.6) is 5.75 Å². The largest absolute Gasteiger partial charge is 0.496 e. The number of carbonyl (C=O) groups is 1. The molecule has 1 unspecified atom stereocenters. The van der Waals surface area contributed by atoms with Crippen molar-refractivity contribution in [1.82, 2.24) is 10.2 Å². The maximum Gasteiger partial charge on any atom is 0.226 e. The molecule has 1 atom stereocenters. The standard InChI is InChI=1S/C24H34N2O3/c1-28-22-5-3-2-4-20(22)21(26-6-8-29-9-7-26)16-25-23(27)24-13-17-10-18(14-24)12-19(11-17)15-24/h2-5,17-19,21H,6-16H2,1H3,(H,25,27). The van der Waals surface area contributed by atoms with Crippen molar-refractivity contribution in [1.29, 1.82) is 0 Å². The highest BCUT2D eigenvalue weighted by Crippen LogP contribution is 2.60. The van der Waals surface area contributed by atoms with Crippen LogP contribution in [0, 0.1) is 23.2 Å². The molecule has 6 rings (SSSR count). The van der Waals surface area contributed by atoms with Gasteiger partial charge in [0.15, 0.2) is 0 Å². The van der Waals surface area contributed by atoms with Crippen LogP contribution in [0.3, 0.4) is 0 Å². The van der Waals surface area contributed by atoms with Gasteiger partial charge in [0.05, 0.1) is 26.4 Å². The summed E-state index contributed by atoms with van der Waals surface area (Å²) in [5.41, 5.74) is 1.06. The number of methoxy groups -OCH3 is 1. The van der Waals surface area contributed by atoms with Gasteiger partial charge in [0.1, 0.15) is 5.75 Å². The number of nitrogens with one attached hydrogen (secondary N) is 1. The van der Waals surface area contributed by atoms with Gasteiger partial charge in [-0.15, -0.1) is 0 Å². The molecular formula is C24H34N2O3. The minimum atomic E-state index is -0.0922. The number of rotatable bonds is 6. The number of para-hydroxylation sites is 1. The first-order valence-electron chi connectivity index (χ1n) is 11.4. The lowest BCUT2D eigenvalue weighted by atomic mass is 9.49. The highest BCUT2D eigenvalue weighted by atomic mass is 16.5. The van der Waals surface area contributed by atoms with Crippen molar-refractivity contribution < 1.29 is 14.3 Å². The smallest absolute Gasteiger partial charge is 0.226 e. The van der Waals surface area contributed by atoms with Crippen LogP contribution >= 0.6 is 0 Å². The first-order valence-corrected chi connectivity index (χ1v) is 11.4. The van der Waals surface area contributed by atoms with Gasteiger partial charge in [0.2, 0.25) is 5.91 Å². The van der Waals surface area contributed by atoms with E-state index in [1.165, 1.54) is 19.3 Å². The van der Waals surface area contributed by atoms with Crippen molar-refractivity contribution >= 4 is 5.91 Å². The molecule has 1 amide bonds. The van der Waals surface area contributed by atoms with Crippen molar-refractivity contribution in [3.8, 4) is 5.75 Å².